The fourth-order valence-corrected chi connectivity index (χ4v) is 3.32. The van der Waals surface area contributed by atoms with Crippen molar-refractivity contribution in [3.05, 3.63) is 23.8 Å². The first-order valence-electron chi connectivity index (χ1n) is 6.30. The van der Waals surface area contributed by atoms with Gasteiger partial charge in [-0.1, -0.05) is 0 Å². The van der Waals surface area contributed by atoms with E-state index in [1.165, 1.54) is 23.8 Å². The molecule has 1 heterocycles. The highest BCUT2D eigenvalue weighted by molar-refractivity contribution is 8.00. The molecule has 7 heteroatoms. The second-order valence-corrected chi connectivity index (χ2v) is 5.44. The summed E-state index contributed by atoms with van der Waals surface area (Å²) in [7, 11) is 4.44. The summed E-state index contributed by atoms with van der Waals surface area (Å²) >= 11 is 1.45. The smallest absolute Gasteiger partial charge is 0.325 e. The van der Waals surface area contributed by atoms with Crippen LogP contribution >= 0.6 is 11.8 Å². The lowest BCUT2D eigenvalue weighted by molar-refractivity contribution is -0.146. The Kier molecular flexibility index (Phi) is 4.95. The maximum Gasteiger partial charge on any atom is 0.325 e. The first kappa shape index (κ1) is 15.5. The van der Waals surface area contributed by atoms with Crippen molar-refractivity contribution in [3.8, 4) is 11.5 Å². The topological polar surface area (TPSA) is 65.1 Å². The summed E-state index contributed by atoms with van der Waals surface area (Å²) in [6.45, 7) is -0.0760. The van der Waals surface area contributed by atoms with Crippen LogP contribution in [0.25, 0.3) is 0 Å². The van der Waals surface area contributed by atoms with Gasteiger partial charge in [0.15, 0.2) is 0 Å². The van der Waals surface area contributed by atoms with Crippen molar-refractivity contribution in [1.82, 2.24) is 4.90 Å². The lowest BCUT2D eigenvalue weighted by Crippen LogP contribution is -2.34. The molecule has 1 aliphatic rings. The molecule has 0 saturated carbocycles. The largest absolute Gasteiger partial charge is 0.497 e. The van der Waals surface area contributed by atoms with Gasteiger partial charge in [-0.05, 0) is 18.2 Å². The minimum atomic E-state index is -0.447. The summed E-state index contributed by atoms with van der Waals surface area (Å²) in [6, 6.07) is 5.39. The molecule has 1 aliphatic heterocycles. The van der Waals surface area contributed by atoms with Gasteiger partial charge in [-0.25, -0.2) is 0 Å². The number of amides is 1. The highest BCUT2D eigenvalue weighted by atomic mass is 32.2. The number of hydrogen-bond acceptors (Lipinski definition) is 6. The normalized spacial score (nSPS) is 17.8. The number of esters is 1. The van der Waals surface area contributed by atoms with E-state index in [0.717, 1.165) is 5.56 Å². The maximum atomic E-state index is 12.0. The zero-order chi connectivity index (χ0) is 15.4. The van der Waals surface area contributed by atoms with Gasteiger partial charge in [0.2, 0.25) is 5.91 Å². The van der Waals surface area contributed by atoms with Crippen LogP contribution in [0.1, 0.15) is 10.9 Å². The Morgan fingerprint density at radius 1 is 1.33 bits per heavy atom. The number of carbonyl (C=O) groups excluding carboxylic acids is 2. The van der Waals surface area contributed by atoms with Crippen LogP contribution in [0.15, 0.2) is 18.2 Å². The molecule has 0 aliphatic carbocycles. The zero-order valence-electron chi connectivity index (χ0n) is 12.1. The predicted molar refractivity (Wildman–Crippen MR) is 78.5 cm³/mol. The molecule has 0 radical (unpaired) electrons. The Bertz CT molecular complexity index is 548. The van der Waals surface area contributed by atoms with Gasteiger partial charge in [-0.2, -0.15) is 0 Å². The quantitative estimate of drug-likeness (QED) is 0.767. The predicted octanol–water partition coefficient (Wildman–Crippen LogP) is 1.45. The second kappa shape index (κ2) is 6.71. The number of methoxy groups -OCH3 is 3. The third kappa shape index (κ3) is 3.24. The zero-order valence-corrected chi connectivity index (χ0v) is 12.9. The molecule has 114 valence electrons. The van der Waals surface area contributed by atoms with Crippen LogP contribution in [-0.4, -0.2) is 50.4 Å². The van der Waals surface area contributed by atoms with Crippen molar-refractivity contribution in [1.29, 1.82) is 0 Å². The van der Waals surface area contributed by atoms with Crippen molar-refractivity contribution in [2.24, 2.45) is 0 Å². The van der Waals surface area contributed by atoms with Crippen molar-refractivity contribution < 1.29 is 23.8 Å². The van der Waals surface area contributed by atoms with Gasteiger partial charge in [0.05, 0.1) is 27.1 Å². The highest BCUT2D eigenvalue weighted by Gasteiger charge is 2.36. The van der Waals surface area contributed by atoms with E-state index < -0.39 is 5.97 Å². The van der Waals surface area contributed by atoms with Gasteiger partial charge in [0.1, 0.15) is 23.4 Å². The molecule has 0 spiro atoms. The Morgan fingerprint density at radius 2 is 2.10 bits per heavy atom. The Hall–Kier alpha value is -1.89. The average molecular weight is 311 g/mol. The third-order valence-electron chi connectivity index (χ3n) is 3.20. The van der Waals surface area contributed by atoms with Crippen molar-refractivity contribution in [3.63, 3.8) is 0 Å². The molecule has 1 atom stereocenters. The van der Waals surface area contributed by atoms with Gasteiger partial charge in [-0.3, -0.25) is 9.59 Å². The highest BCUT2D eigenvalue weighted by Crippen LogP contribution is 2.43. The maximum absolute atomic E-state index is 12.0. The van der Waals surface area contributed by atoms with E-state index in [-0.39, 0.29) is 17.8 Å². The van der Waals surface area contributed by atoms with Crippen LogP contribution in [-0.2, 0) is 14.3 Å². The summed E-state index contributed by atoms with van der Waals surface area (Å²) < 4.78 is 15.2. The van der Waals surface area contributed by atoms with Gasteiger partial charge in [0.25, 0.3) is 0 Å². The number of rotatable bonds is 5. The SMILES string of the molecule is COC(=O)CN1C(=O)CSC1c1cc(OC)ccc1OC. The summed E-state index contributed by atoms with van der Waals surface area (Å²) in [5, 5.41) is -0.290. The van der Waals surface area contributed by atoms with E-state index in [9.17, 15) is 9.59 Å². The van der Waals surface area contributed by atoms with Crippen LogP contribution < -0.4 is 9.47 Å². The summed E-state index contributed by atoms with van der Waals surface area (Å²) in [5.74, 6) is 1.10. The first-order chi connectivity index (χ1) is 10.1. The van der Waals surface area contributed by atoms with E-state index in [2.05, 4.69) is 4.74 Å². The summed E-state index contributed by atoms with van der Waals surface area (Å²) in [4.78, 5) is 25.0. The van der Waals surface area contributed by atoms with Gasteiger partial charge < -0.3 is 19.1 Å². The van der Waals surface area contributed by atoms with Gasteiger partial charge >= 0.3 is 5.97 Å². The monoisotopic (exact) mass is 311 g/mol. The molecule has 0 bridgehead atoms. The van der Waals surface area contributed by atoms with Crippen LogP contribution in [0.4, 0.5) is 0 Å². The number of hydrogen-bond donors (Lipinski definition) is 0. The van der Waals surface area contributed by atoms with E-state index >= 15 is 0 Å². The Labute approximate surface area is 127 Å². The molecular weight excluding hydrogens is 294 g/mol. The molecule has 2 rings (SSSR count). The van der Waals surface area contributed by atoms with Crippen molar-refractivity contribution in [2.45, 2.75) is 5.37 Å². The standard InChI is InChI=1S/C14H17NO5S/c1-18-9-4-5-11(19-2)10(6-9)14-15(7-13(17)20-3)12(16)8-21-14/h4-6,14H,7-8H2,1-3H3. The minimum Gasteiger partial charge on any atom is -0.497 e. The van der Waals surface area contributed by atoms with E-state index in [4.69, 9.17) is 9.47 Å². The molecule has 1 fully saturated rings. The van der Waals surface area contributed by atoms with Gasteiger partial charge in [-0.15, -0.1) is 11.8 Å². The number of thioether (sulfide) groups is 1. The number of carbonyl (C=O) groups is 2. The number of nitrogens with zero attached hydrogens (tertiary/aromatic N) is 1. The molecule has 0 aromatic heterocycles. The number of ether oxygens (including phenoxy) is 3. The lowest BCUT2D eigenvalue weighted by atomic mass is 10.1. The molecular formula is C14H17NO5S. The first-order valence-corrected chi connectivity index (χ1v) is 7.35. The van der Waals surface area contributed by atoms with E-state index in [1.54, 1.807) is 26.4 Å². The Balaban J connectivity index is 2.34. The molecule has 1 aromatic rings. The fourth-order valence-electron chi connectivity index (χ4n) is 2.12. The van der Waals surface area contributed by atoms with Crippen LogP contribution in [0.2, 0.25) is 0 Å². The van der Waals surface area contributed by atoms with Crippen LogP contribution in [0.3, 0.4) is 0 Å². The molecule has 1 aromatic carbocycles. The Morgan fingerprint density at radius 3 is 2.71 bits per heavy atom. The molecule has 0 N–H and O–H groups in total. The van der Waals surface area contributed by atoms with E-state index in [1.807, 2.05) is 6.07 Å². The molecule has 6 nitrogen and oxygen atoms in total. The van der Waals surface area contributed by atoms with E-state index in [0.29, 0.717) is 17.3 Å². The molecule has 1 amide bonds. The van der Waals surface area contributed by atoms with Crippen molar-refractivity contribution >= 4 is 23.6 Å². The summed E-state index contributed by atoms with van der Waals surface area (Å²) in [5.41, 5.74) is 0.802. The van der Waals surface area contributed by atoms with Crippen LogP contribution in [0.5, 0.6) is 11.5 Å². The lowest BCUT2D eigenvalue weighted by Gasteiger charge is -2.24. The summed E-state index contributed by atoms with van der Waals surface area (Å²) in [6.07, 6.45) is 0. The minimum absolute atomic E-state index is 0.0760. The van der Waals surface area contributed by atoms with Gasteiger partial charge in [0, 0.05) is 5.56 Å². The third-order valence-corrected chi connectivity index (χ3v) is 4.44. The van der Waals surface area contributed by atoms with Crippen LogP contribution in [0, 0.1) is 0 Å². The van der Waals surface area contributed by atoms with Crippen molar-refractivity contribution in [2.75, 3.05) is 33.6 Å². The second-order valence-electron chi connectivity index (χ2n) is 4.37. The number of benzene rings is 1. The molecule has 21 heavy (non-hydrogen) atoms. The molecule has 1 unspecified atom stereocenters. The average Bonchev–Trinajstić information content (AvgIpc) is 2.87. The molecule has 1 saturated heterocycles. The fraction of sp³-hybridized carbons (Fsp3) is 0.429.